The van der Waals surface area contributed by atoms with Crippen LogP contribution in [0.25, 0.3) is 6.08 Å². The third-order valence-corrected chi connectivity index (χ3v) is 5.23. The van der Waals surface area contributed by atoms with Crippen LogP contribution in [0, 0.1) is 11.6 Å². The summed E-state index contributed by atoms with van der Waals surface area (Å²) in [7, 11) is 0. The number of ether oxygens (including phenoxy) is 1. The highest BCUT2D eigenvalue weighted by molar-refractivity contribution is 5.97. The smallest absolute Gasteiger partial charge is 0.406 e. The van der Waals surface area contributed by atoms with Gasteiger partial charge in [-0.1, -0.05) is 18.2 Å². The van der Waals surface area contributed by atoms with Crippen molar-refractivity contribution in [2.45, 2.75) is 31.3 Å². The van der Waals surface area contributed by atoms with Gasteiger partial charge in [-0.05, 0) is 55.8 Å². The van der Waals surface area contributed by atoms with E-state index in [2.05, 4.69) is 20.7 Å². The molecule has 1 aliphatic rings. The van der Waals surface area contributed by atoms with Gasteiger partial charge in [0.15, 0.2) is 0 Å². The highest BCUT2D eigenvalue weighted by Gasteiger charge is 2.40. The van der Waals surface area contributed by atoms with Crippen molar-refractivity contribution < 1.29 is 36.3 Å². The van der Waals surface area contributed by atoms with Gasteiger partial charge < -0.3 is 20.7 Å². The topological polar surface area (TPSA) is 79.5 Å². The van der Waals surface area contributed by atoms with Gasteiger partial charge in [-0.15, -0.1) is 13.2 Å². The first-order chi connectivity index (χ1) is 16.1. The second-order valence-corrected chi connectivity index (χ2v) is 7.69. The lowest BCUT2D eigenvalue weighted by Gasteiger charge is -2.36. The molecule has 0 saturated carbocycles. The van der Waals surface area contributed by atoms with Crippen LogP contribution in [0.5, 0.6) is 5.75 Å². The summed E-state index contributed by atoms with van der Waals surface area (Å²) in [6.45, 7) is 0.691. The summed E-state index contributed by atoms with van der Waals surface area (Å²) >= 11 is 0. The monoisotopic (exact) mass is 483 g/mol. The average molecular weight is 483 g/mol. The van der Waals surface area contributed by atoms with Gasteiger partial charge in [0, 0.05) is 24.3 Å². The average Bonchev–Trinajstić information content (AvgIpc) is 2.76. The minimum absolute atomic E-state index is 0.0889. The van der Waals surface area contributed by atoms with Crippen LogP contribution in [0.2, 0.25) is 0 Å². The molecule has 11 heteroatoms. The number of amides is 2. The quantitative estimate of drug-likeness (QED) is 0.417. The number of halogens is 5. The summed E-state index contributed by atoms with van der Waals surface area (Å²) in [6.07, 6.45) is -1.92. The molecule has 1 aliphatic heterocycles. The fraction of sp³-hybridized carbons (Fsp3) is 0.304. The predicted octanol–water partition coefficient (Wildman–Crippen LogP) is 3.43. The second-order valence-electron chi connectivity index (χ2n) is 7.69. The van der Waals surface area contributed by atoms with Crippen LogP contribution in [0.1, 0.15) is 24.0 Å². The number of rotatable bonds is 7. The lowest BCUT2D eigenvalue weighted by atomic mass is 9.87. The summed E-state index contributed by atoms with van der Waals surface area (Å²) in [5.41, 5.74) is -0.900. The van der Waals surface area contributed by atoms with Crippen molar-refractivity contribution in [3.05, 3.63) is 71.3 Å². The molecule has 1 fully saturated rings. The normalized spacial score (nSPS) is 15.7. The standard InChI is InChI=1S/C23H22F5N3O3/c24-17-6-5-16(19(25)13-17)14-30-21(33)22(8-10-29-11-9-22)31-20(32)7-4-15-2-1-3-18(12-15)34-23(26,27)28/h1-7,12-13,29H,8-11,14H2,(H,30,33)(H,31,32). The number of hydrogen-bond donors (Lipinski definition) is 3. The van der Waals surface area contributed by atoms with Crippen molar-refractivity contribution in [1.29, 1.82) is 0 Å². The Morgan fingerprint density at radius 1 is 1.09 bits per heavy atom. The number of alkyl halides is 3. The zero-order chi connectivity index (χ0) is 24.8. The third kappa shape index (κ3) is 7.01. The number of carbonyl (C=O) groups is 2. The minimum Gasteiger partial charge on any atom is -0.406 e. The van der Waals surface area contributed by atoms with Gasteiger partial charge in [0.25, 0.3) is 0 Å². The van der Waals surface area contributed by atoms with E-state index in [0.29, 0.717) is 19.2 Å². The fourth-order valence-electron chi connectivity index (χ4n) is 3.54. The molecule has 2 amide bonds. The largest absolute Gasteiger partial charge is 0.573 e. The molecular weight excluding hydrogens is 461 g/mol. The first-order valence-corrected chi connectivity index (χ1v) is 10.4. The van der Waals surface area contributed by atoms with E-state index in [4.69, 9.17) is 0 Å². The summed E-state index contributed by atoms with van der Waals surface area (Å²) < 4.78 is 68.0. The molecule has 0 radical (unpaired) electrons. The summed E-state index contributed by atoms with van der Waals surface area (Å²) in [5.74, 6) is -3.13. The Morgan fingerprint density at radius 3 is 2.50 bits per heavy atom. The Hall–Kier alpha value is -3.47. The molecule has 1 heterocycles. The second kappa shape index (κ2) is 10.6. The Kier molecular flexibility index (Phi) is 7.87. The van der Waals surface area contributed by atoms with Gasteiger partial charge >= 0.3 is 6.36 Å². The van der Waals surface area contributed by atoms with Crippen LogP contribution in [-0.2, 0) is 16.1 Å². The van der Waals surface area contributed by atoms with Crippen LogP contribution in [0.15, 0.2) is 48.5 Å². The van der Waals surface area contributed by atoms with Crippen molar-refractivity contribution >= 4 is 17.9 Å². The van der Waals surface area contributed by atoms with Crippen LogP contribution < -0.4 is 20.7 Å². The van der Waals surface area contributed by atoms with E-state index in [1.165, 1.54) is 24.3 Å². The number of nitrogens with one attached hydrogen (secondary N) is 3. The molecule has 0 bridgehead atoms. The van der Waals surface area contributed by atoms with Gasteiger partial charge in [-0.2, -0.15) is 0 Å². The van der Waals surface area contributed by atoms with Gasteiger partial charge in [0.2, 0.25) is 11.8 Å². The molecule has 3 rings (SSSR count). The highest BCUT2D eigenvalue weighted by Crippen LogP contribution is 2.24. The number of carbonyl (C=O) groups excluding carboxylic acids is 2. The molecule has 182 valence electrons. The van der Waals surface area contributed by atoms with Gasteiger partial charge in [-0.3, -0.25) is 9.59 Å². The Labute approximate surface area is 192 Å². The van der Waals surface area contributed by atoms with Crippen LogP contribution in [0.3, 0.4) is 0 Å². The lowest BCUT2D eigenvalue weighted by molar-refractivity contribution is -0.274. The van der Waals surface area contributed by atoms with E-state index in [9.17, 15) is 31.5 Å². The van der Waals surface area contributed by atoms with Crippen molar-refractivity contribution in [1.82, 2.24) is 16.0 Å². The molecule has 0 spiro atoms. The molecule has 0 atom stereocenters. The van der Waals surface area contributed by atoms with Crippen molar-refractivity contribution in [2.24, 2.45) is 0 Å². The molecule has 0 aromatic heterocycles. The molecule has 3 N–H and O–H groups in total. The van der Waals surface area contributed by atoms with Gasteiger partial charge in [-0.25, -0.2) is 8.78 Å². The highest BCUT2D eigenvalue weighted by atomic mass is 19.4. The van der Waals surface area contributed by atoms with E-state index in [-0.39, 0.29) is 30.5 Å². The SMILES string of the molecule is O=C(C=Cc1cccc(OC(F)(F)F)c1)NC1(C(=O)NCc2ccc(F)cc2F)CCNCC1. The van der Waals surface area contributed by atoms with Crippen molar-refractivity contribution in [2.75, 3.05) is 13.1 Å². The zero-order valence-electron chi connectivity index (χ0n) is 17.8. The maximum atomic E-state index is 13.9. The molecular formula is C23H22F5N3O3. The fourth-order valence-corrected chi connectivity index (χ4v) is 3.54. The summed E-state index contributed by atoms with van der Waals surface area (Å²) in [4.78, 5) is 25.5. The Morgan fingerprint density at radius 2 is 1.82 bits per heavy atom. The minimum atomic E-state index is -4.84. The first-order valence-electron chi connectivity index (χ1n) is 10.4. The lowest BCUT2D eigenvalue weighted by Crippen LogP contribution is -2.62. The van der Waals surface area contributed by atoms with Gasteiger partial charge in [0.05, 0.1) is 0 Å². The molecule has 0 unspecified atom stereocenters. The molecule has 1 saturated heterocycles. The van der Waals surface area contributed by atoms with Gasteiger partial charge in [0.1, 0.15) is 22.9 Å². The molecule has 34 heavy (non-hydrogen) atoms. The van der Waals surface area contributed by atoms with E-state index in [1.807, 2.05) is 0 Å². The predicted molar refractivity (Wildman–Crippen MR) is 113 cm³/mol. The molecule has 6 nitrogen and oxygen atoms in total. The van der Waals surface area contributed by atoms with E-state index in [1.54, 1.807) is 0 Å². The number of benzene rings is 2. The Bertz CT molecular complexity index is 1070. The summed E-state index contributed by atoms with van der Waals surface area (Å²) in [5, 5.41) is 8.34. The third-order valence-electron chi connectivity index (χ3n) is 5.23. The van der Waals surface area contributed by atoms with Crippen molar-refractivity contribution in [3.63, 3.8) is 0 Å². The zero-order valence-corrected chi connectivity index (χ0v) is 17.8. The van der Waals surface area contributed by atoms with Crippen LogP contribution in [0.4, 0.5) is 22.0 Å². The number of piperidine rings is 1. The van der Waals surface area contributed by atoms with E-state index >= 15 is 0 Å². The summed E-state index contributed by atoms with van der Waals surface area (Å²) in [6, 6.07) is 8.07. The first kappa shape index (κ1) is 25.2. The maximum absolute atomic E-state index is 13.9. The van der Waals surface area contributed by atoms with E-state index < -0.39 is 41.1 Å². The molecule has 2 aromatic carbocycles. The van der Waals surface area contributed by atoms with Crippen LogP contribution >= 0.6 is 0 Å². The Balaban J connectivity index is 1.67. The number of hydrogen-bond acceptors (Lipinski definition) is 4. The molecule has 2 aromatic rings. The maximum Gasteiger partial charge on any atom is 0.573 e. The van der Waals surface area contributed by atoms with E-state index in [0.717, 1.165) is 24.3 Å². The molecule has 0 aliphatic carbocycles. The van der Waals surface area contributed by atoms with Crippen molar-refractivity contribution in [3.8, 4) is 5.75 Å². The van der Waals surface area contributed by atoms with Crippen LogP contribution in [-0.4, -0.2) is 36.8 Å².